The highest BCUT2D eigenvalue weighted by atomic mass is 19.1. The zero-order valence-corrected chi connectivity index (χ0v) is 12.2. The van der Waals surface area contributed by atoms with E-state index < -0.39 is 5.54 Å². The molecule has 0 unspecified atom stereocenters. The number of methoxy groups -OCH3 is 1. The third-order valence-corrected chi connectivity index (χ3v) is 4.13. The number of benzene rings is 1. The number of rotatable bonds is 4. The average Bonchev–Trinajstić information content (AvgIpc) is 2.87. The van der Waals surface area contributed by atoms with E-state index in [9.17, 15) is 9.18 Å². The van der Waals surface area contributed by atoms with Gasteiger partial charge in [0.2, 0.25) is 6.08 Å². The summed E-state index contributed by atoms with van der Waals surface area (Å²) in [7, 11) is 1.45. The van der Waals surface area contributed by atoms with Gasteiger partial charge in [0.25, 0.3) is 0 Å². The molecule has 1 aromatic rings. The molecule has 1 aliphatic carbocycles. The van der Waals surface area contributed by atoms with Crippen LogP contribution in [0.25, 0.3) is 0 Å². The molecule has 4 heteroatoms. The SMILES string of the molecule is COc1c(F)cc(C(C)C)cc1C1(N=C=O)CCCC1. The molecule has 0 radical (unpaired) electrons. The van der Waals surface area contributed by atoms with Gasteiger partial charge in [-0.3, -0.25) is 0 Å². The fourth-order valence-corrected chi connectivity index (χ4v) is 2.99. The lowest BCUT2D eigenvalue weighted by molar-refractivity contribution is 0.356. The first kappa shape index (κ1) is 14.7. The summed E-state index contributed by atoms with van der Waals surface area (Å²) in [6, 6.07) is 3.43. The summed E-state index contributed by atoms with van der Waals surface area (Å²) in [5.74, 6) is 0.0178. The fourth-order valence-electron chi connectivity index (χ4n) is 2.99. The molecule has 0 aliphatic heterocycles. The molecule has 0 amide bonds. The molecule has 2 rings (SSSR count). The van der Waals surface area contributed by atoms with Crippen LogP contribution in [0.4, 0.5) is 4.39 Å². The Morgan fingerprint density at radius 3 is 2.50 bits per heavy atom. The number of nitrogens with zero attached hydrogens (tertiary/aromatic N) is 1. The van der Waals surface area contributed by atoms with Crippen LogP contribution in [0.15, 0.2) is 17.1 Å². The fraction of sp³-hybridized carbons (Fsp3) is 0.562. The first-order valence-electron chi connectivity index (χ1n) is 7.01. The predicted molar refractivity (Wildman–Crippen MR) is 75.3 cm³/mol. The van der Waals surface area contributed by atoms with Crippen LogP contribution in [0.2, 0.25) is 0 Å². The van der Waals surface area contributed by atoms with E-state index in [1.807, 2.05) is 19.9 Å². The summed E-state index contributed by atoms with van der Waals surface area (Å²) in [6.45, 7) is 4.02. The Balaban J connectivity index is 2.66. The average molecular weight is 277 g/mol. The van der Waals surface area contributed by atoms with Crippen molar-refractivity contribution in [3.8, 4) is 5.75 Å². The van der Waals surface area contributed by atoms with Crippen molar-refractivity contribution < 1.29 is 13.9 Å². The van der Waals surface area contributed by atoms with Gasteiger partial charge >= 0.3 is 0 Å². The lowest BCUT2D eigenvalue weighted by Gasteiger charge is -2.26. The molecule has 0 spiro atoms. The van der Waals surface area contributed by atoms with Crippen molar-refractivity contribution in [2.24, 2.45) is 4.99 Å². The van der Waals surface area contributed by atoms with Gasteiger partial charge in [-0.15, -0.1) is 0 Å². The van der Waals surface area contributed by atoms with Gasteiger partial charge in [0, 0.05) is 5.56 Å². The summed E-state index contributed by atoms with van der Waals surface area (Å²) in [5.41, 5.74) is 0.911. The van der Waals surface area contributed by atoms with Gasteiger partial charge in [-0.2, -0.15) is 4.99 Å². The molecule has 20 heavy (non-hydrogen) atoms. The minimum absolute atomic E-state index is 0.202. The number of isocyanates is 1. The van der Waals surface area contributed by atoms with Crippen molar-refractivity contribution in [1.82, 2.24) is 0 Å². The van der Waals surface area contributed by atoms with Crippen LogP contribution in [0.1, 0.15) is 56.6 Å². The molecule has 0 atom stereocenters. The summed E-state index contributed by atoms with van der Waals surface area (Å²) >= 11 is 0. The second-order valence-corrected chi connectivity index (χ2v) is 5.68. The van der Waals surface area contributed by atoms with Gasteiger partial charge in [-0.05, 0) is 36.5 Å². The molecule has 0 bridgehead atoms. The van der Waals surface area contributed by atoms with Gasteiger partial charge in [0.15, 0.2) is 11.6 Å². The van der Waals surface area contributed by atoms with Gasteiger partial charge < -0.3 is 4.74 Å². The minimum atomic E-state index is -0.668. The van der Waals surface area contributed by atoms with Gasteiger partial charge in [-0.25, -0.2) is 9.18 Å². The smallest absolute Gasteiger partial charge is 0.235 e. The Kier molecular flexibility index (Phi) is 4.24. The number of ether oxygens (including phenoxy) is 1. The van der Waals surface area contributed by atoms with E-state index in [0.717, 1.165) is 31.2 Å². The van der Waals surface area contributed by atoms with Crippen molar-refractivity contribution in [2.75, 3.05) is 7.11 Å². The molecule has 0 aromatic heterocycles. The number of carbonyl (C=O) groups excluding carboxylic acids is 1. The van der Waals surface area contributed by atoms with Gasteiger partial charge in [0.05, 0.1) is 7.11 Å². The lowest BCUT2D eigenvalue weighted by atomic mass is 9.85. The van der Waals surface area contributed by atoms with E-state index >= 15 is 0 Å². The quantitative estimate of drug-likeness (QED) is 0.615. The number of aliphatic imine (C=N–C) groups is 1. The Labute approximate surface area is 118 Å². The highest BCUT2D eigenvalue weighted by Gasteiger charge is 2.39. The lowest BCUT2D eigenvalue weighted by Crippen LogP contribution is -2.21. The molecule has 0 N–H and O–H groups in total. The Hall–Kier alpha value is -1.67. The Morgan fingerprint density at radius 1 is 1.35 bits per heavy atom. The van der Waals surface area contributed by atoms with Crippen molar-refractivity contribution >= 4 is 6.08 Å². The summed E-state index contributed by atoms with van der Waals surface area (Å²) < 4.78 is 19.5. The molecule has 0 heterocycles. The Bertz CT molecular complexity index is 542. The predicted octanol–water partition coefficient (Wildman–Crippen LogP) is 4.06. The highest BCUT2D eigenvalue weighted by molar-refractivity contribution is 5.47. The van der Waals surface area contributed by atoms with Gasteiger partial charge in [0.1, 0.15) is 5.54 Å². The van der Waals surface area contributed by atoms with Crippen LogP contribution in [-0.4, -0.2) is 13.2 Å². The van der Waals surface area contributed by atoms with Crippen LogP contribution < -0.4 is 4.74 Å². The van der Waals surface area contributed by atoms with Crippen molar-refractivity contribution in [1.29, 1.82) is 0 Å². The minimum Gasteiger partial charge on any atom is -0.493 e. The second-order valence-electron chi connectivity index (χ2n) is 5.68. The number of halogens is 1. The maximum atomic E-state index is 14.3. The van der Waals surface area contributed by atoms with E-state index in [0.29, 0.717) is 5.56 Å². The molecule has 1 aromatic carbocycles. The molecular formula is C16H20FNO2. The molecular weight excluding hydrogens is 257 g/mol. The van der Waals surface area contributed by atoms with E-state index in [2.05, 4.69) is 4.99 Å². The maximum absolute atomic E-state index is 14.3. The standard InChI is InChI=1S/C16H20FNO2/c1-11(2)12-8-13(15(20-3)14(17)9-12)16(18-10-19)6-4-5-7-16/h8-9,11H,4-7H2,1-3H3. The van der Waals surface area contributed by atoms with E-state index in [4.69, 9.17) is 4.74 Å². The molecule has 1 saturated carbocycles. The zero-order chi connectivity index (χ0) is 14.8. The third-order valence-electron chi connectivity index (χ3n) is 4.13. The summed E-state index contributed by atoms with van der Waals surface area (Å²) in [5, 5.41) is 0. The van der Waals surface area contributed by atoms with Crippen molar-refractivity contribution in [3.63, 3.8) is 0 Å². The monoisotopic (exact) mass is 277 g/mol. The molecule has 1 aliphatic rings. The zero-order valence-electron chi connectivity index (χ0n) is 12.2. The van der Waals surface area contributed by atoms with Crippen LogP contribution in [0.3, 0.4) is 0 Å². The molecule has 3 nitrogen and oxygen atoms in total. The second kappa shape index (κ2) is 5.76. The van der Waals surface area contributed by atoms with Crippen molar-refractivity contribution in [3.05, 3.63) is 29.1 Å². The van der Waals surface area contributed by atoms with Crippen LogP contribution >= 0.6 is 0 Å². The molecule has 0 saturated heterocycles. The highest BCUT2D eigenvalue weighted by Crippen LogP contribution is 2.47. The van der Waals surface area contributed by atoms with Crippen LogP contribution in [0.5, 0.6) is 5.75 Å². The molecule has 108 valence electrons. The summed E-state index contributed by atoms with van der Waals surface area (Å²) in [6.07, 6.45) is 5.08. The van der Waals surface area contributed by atoms with E-state index in [1.54, 1.807) is 6.08 Å². The van der Waals surface area contributed by atoms with Crippen molar-refractivity contribution in [2.45, 2.75) is 51.0 Å². The normalized spacial score (nSPS) is 17.1. The first-order valence-corrected chi connectivity index (χ1v) is 7.01. The third kappa shape index (κ3) is 2.48. The Morgan fingerprint density at radius 2 is 2.00 bits per heavy atom. The summed E-state index contributed by atoms with van der Waals surface area (Å²) in [4.78, 5) is 14.8. The van der Waals surface area contributed by atoms with Crippen LogP contribution in [0, 0.1) is 5.82 Å². The van der Waals surface area contributed by atoms with Gasteiger partial charge in [-0.1, -0.05) is 26.7 Å². The largest absolute Gasteiger partial charge is 0.493 e. The topological polar surface area (TPSA) is 38.7 Å². The number of hydrogen-bond donors (Lipinski definition) is 0. The van der Waals surface area contributed by atoms with Crippen LogP contribution in [-0.2, 0) is 10.3 Å². The maximum Gasteiger partial charge on any atom is 0.235 e. The first-order chi connectivity index (χ1) is 9.54. The van der Waals surface area contributed by atoms with E-state index in [1.165, 1.54) is 13.2 Å². The number of hydrogen-bond acceptors (Lipinski definition) is 3. The molecule has 1 fully saturated rings. The van der Waals surface area contributed by atoms with E-state index in [-0.39, 0.29) is 17.5 Å².